The van der Waals surface area contributed by atoms with Crippen LogP contribution in [0.1, 0.15) is 22.5 Å². The SMILES string of the molecule is Cc1cc(C)n(-c2ncnc(N(Cc3ccccc3)Cc3ccccc3)c2N)n1. The van der Waals surface area contributed by atoms with Crippen molar-refractivity contribution >= 4 is 11.5 Å². The lowest BCUT2D eigenvalue weighted by Crippen LogP contribution is -2.25. The topological polar surface area (TPSA) is 72.9 Å². The average Bonchev–Trinajstić information content (AvgIpc) is 3.07. The van der Waals surface area contributed by atoms with Gasteiger partial charge in [0.05, 0.1) is 5.69 Å². The molecule has 2 aromatic carbocycles. The molecule has 6 heteroatoms. The van der Waals surface area contributed by atoms with Crippen LogP contribution < -0.4 is 10.6 Å². The number of rotatable bonds is 6. The lowest BCUT2D eigenvalue weighted by molar-refractivity contribution is 0.767. The molecule has 0 saturated carbocycles. The summed E-state index contributed by atoms with van der Waals surface area (Å²) >= 11 is 0. The third-order valence-corrected chi connectivity index (χ3v) is 4.78. The predicted molar refractivity (Wildman–Crippen MR) is 116 cm³/mol. The van der Waals surface area contributed by atoms with Crippen molar-refractivity contribution < 1.29 is 0 Å². The third-order valence-electron chi connectivity index (χ3n) is 4.78. The second kappa shape index (κ2) is 8.14. The van der Waals surface area contributed by atoms with Crippen molar-refractivity contribution in [2.45, 2.75) is 26.9 Å². The Balaban J connectivity index is 1.75. The molecule has 146 valence electrons. The Morgan fingerprint density at radius 2 is 1.45 bits per heavy atom. The molecule has 2 aromatic heterocycles. The van der Waals surface area contributed by atoms with E-state index < -0.39 is 0 Å². The van der Waals surface area contributed by atoms with E-state index in [1.165, 1.54) is 11.1 Å². The molecule has 29 heavy (non-hydrogen) atoms. The first-order valence-electron chi connectivity index (χ1n) is 9.58. The molecule has 0 radical (unpaired) electrons. The van der Waals surface area contributed by atoms with Crippen molar-refractivity contribution in [1.82, 2.24) is 19.7 Å². The summed E-state index contributed by atoms with van der Waals surface area (Å²) in [5.41, 5.74) is 11.4. The van der Waals surface area contributed by atoms with Gasteiger partial charge in [-0.15, -0.1) is 0 Å². The highest BCUT2D eigenvalue weighted by Crippen LogP contribution is 2.28. The molecule has 0 aliphatic rings. The summed E-state index contributed by atoms with van der Waals surface area (Å²) < 4.78 is 1.78. The van der Waals surface area contributed by atoms with Crippen LogP contribution in [-0.4, -0.2) is 19.7 Å². The van der Waals surface area contributed by atoms with Crippen LogP contribution in [0, 0.1) is 13.8 Å². The maximum absolute atomic E-state index is 6.57. The van der Waals surface area contributed by atoms with Gasteiger partial charge in [-0.3, -0.25) is 0 Å². The van der Waals surface area contributed by atoms with E-state index in [0.29, 0.717) is 30.4 Å². The molecule has 2 heterocycles. The van der Waals surface area contributed by atoms with Crippen LogP contribution in [0.5, 0.6) is 0 Å². The van der Waals surface area contributed by atoms with Crippen molar-refractivity contribution in [3.63, 3.8) is 0 Å². The molecule has 0 aliphatic heterocycles. The van der Waals surface area contributed by atoms with E-state index in [9.17, 15) is 0 Å². The minimum Gasteiger partial charge on any atom is -0.393 e. The van der Waals surface area contributed by atoms with Crippen LogP contribution >= 0.6 is 0 Å². The van der Waals surface area contributed by atoms with E-state index in [2.05, 4.69) is 44.2 Å². The van der Waals surface area contributed by atoms with Crippen LogP contribution in [0.2, 0.25) is 0 Å². The molecule has 0 amide bonds. The summed E-state index contributed by atoms with van der Waals surface area (Å²) in [6.45, 7) is 5.33. The number of nitrogens with two attached hydrogens (primary N) is 1. The summed E-state index contributed by atoms with van der Waals surface area (Å²) in [6.07, 6.45) is 1.56. The number of hydrogen-bond acceptors (Lipinski definition) is 5. The zero-order chi connectivity index (χ0) is 20.2. The third kappa shape index (κ3) is 4.11. The van der Waals surface area contributed by atoms with Gasteiger partial charge in [0.15, 0.2) is 11.6 Å². The first kappa shape index (κ1) is 18.7. The molecule has 4 rings (SSSR count). The van der Waals surface area contributed by atoms with E-state index >= 15 is 0 Å². The molecule has 2 N–H and O–H groups in total. The van der Waals surface area contributed by atoms with Gasteiger partial charge < -0.3 is 10.6 Å². The maximum Gasteiger partial charge on any atom is 0.182 e. The number of hydrogen-bond donors (Lipinski definition) is 1. The molecule has 0 spiro atoms. The Morgan fingerprint density at radius 3 is 1.97 bits per heavy atom. The molecule has 0 atom stereocenters. The standard InChI is InChI=1S/C23H24N6/c1-17-13-18(2)29(27-17)23-21(24)22(25-16-26-23)28(14-19-9-5-3-6-10-19)15-20-11-7-4-8-12-20/h3-13,16H,14-15,24H2,1-2H3. The number of aryl methyl sites for hydroxylation is 2. The normalized spacial score (nSPS) is 10.8. The highest BCUT2D eigenvalue weighted by Gasteiger charge is 2.18. The quantitative estimate of drug-likeness (QED) is 0.542. The molecule has 0 saturated heterocycles. The maximum atomic E-state index is 6.57. The largest absolute Gasteiger partial charge is 0.393 e. The molecule has 6 nitrogen and oxygen atoms in total. The number of anilines is 2. The molecule has 0 bridgehead atoms. The van der Waals surface area contributed by atoms with Crippen LogP contribution in [-0.2, 0) is 13.1 Å². The smallest absolute Gasteiger partial charge is 0.182 e. The fourth-order valence-corrected chi connectivity index (χ4v) is 3.45. The van der Waals surface area contributed by atoms with E-state index in [-0.39, 0.29) is 0 Å². The summed E-state index contributed by atoms with van der Waals surface area (Å²) in [7, 11) is 0. The second-order valence-corrected chi connectivity index (χ2v) is 7.10. The van der Waals surface area contributed by atoms with Gasteiger partial charge in [0.1, 0.15) is 12.0 Å². The number of nitrogens with zero attached hydrogens (tertiary/aromatic N) is 5. The van der Waals surface area contributed by atoms with Crippen molar-refractivity contribution in [2.24, 2.45) is 0 Å². The first-order chi connectivity index (χ1) is 14.1. The molecule has 0 aliphatic carbocycles. The Bertz CT molecular complexity index is 1050. The van der Waals surface area contributed by atoms with Crippen LogP contribution in [0.3, 0.4) is 0 Å². The van der Waals surface area contributed by atoms with Crippen molar-refractivity contribution in [1.29, 1.82) is 0 Å². The van der Waals surface area contributed by atoms with E-state index in [1.807, 2.05) is 56.3 Å². The number of aromatic nitrogens is 4. The van der Waals surface area contributed by atoms with E-state index in [0.717, 1.165) is 11.4 Å². The minimum atomic E-state index is 0.519. The zero-order valence-electron chi connectivity index (χ0n) is 16.7. The second-order valence-electron chi connectivity index (χ2n) is 7.10. The molecule has 0 fully saturated rings. The van der Waals surface area contributed by atoms with Crippen LogP contribution in [0.15, 0.2) is 73.1 Å². The van der Waals surface area contributed by atoms with Gasteiger partial charge in [0.25, 0.3) is 0 Å². The Hall–Kier alpha value is -3.67. The molecule has 0 unspecified atom stereocenters. The first-order valence-corrected chi connectivity index (χ1v) is 9.58. The Kier molecular flexibility index (Phi) is 5.24. The van der Waals surface area contributed by atoms with Gasteiger partial charge in [0, 0.05) is 18.8 Å². The van der Waals surface area contributed by atoms with Crippen LogP contribution in [0.25, 0.3) is 5.82 Å². The van der Waals surface area contributed by atoms with E-state index in [4.69, 9.17) is 5.73 Å². The fourth-order valence-electron chi connectivity index (χ4n) is 3.45. The van der Waals surface area contributed by atoms with E-state index in [1.54, 1.807) is 11.0 Å². The molecular formula is C23H24N6. The Morgan fingerprint density at radius 1 is 0.862 bits per heavy atom. The van der Waals surface area contributed by atoms with Gasteiger partial charge in [0.2, 0.25) is 0 Å². The summed E-state index contributed by atoms with van der Waals surface area (Å²) in [5, 5.41) is 4.54. The van der Waals surface area contributed by atoms with Gasteiger partial charge in [-0.25, -0.2) is 14.6 Å². The van der Waals surface area contributed by atoms with Gasteiger partial charge >= 0.3 is 0 Å². The lowest BCUT2D eigenvalue weighted by Gasteiger charge is -2.26. The highest BCUT2D eigenvalue weighted by molar-refractivity contribution is 5.70. The van der Waals surface area contributed by atoms with Crippen molar-refractivity contribution in [3.8, 4) is 5.82 Å². The highest BCUT2D eigenvalue weighted by atomic mass is 15.3. The van der Waals surface area contributed by atoms with Crippen molar-refractivity contribution in [2.75, 3.05) is 10.6 Å². The Labute approximate surface area is 170 Å². The van der Waals surface area contributed by atoms with Crippen LogP contribution in [0.4, 0.5) is 11.5 Å². The average molecular weight is 384 g/mol. The summed E-state index contributed by atoms with van der Waals surface area (Å²) in [5.74, 6) is 1.31. The zero-order valence-corrected chi connectivity index (χ0v) is 16.7. The number of benzene rings is 2. The molecular weight excluding hydrogens is 360 g/mol. The monoisotopic (exact) mass is 384 g/mol. The predicted octanol–water partition coefficient (Wildman–Crippen LogP) is 4.07. The van der Waals surface area contributed by atoms with Crippen molar-refractivity contribution in [3.05, 3.63) is 95.6 Å². The summed E-state index contributed by atoms with van der Waals surface area (Å²) in [6, 6.07) is 22.6. The minimum absolute atomic E-state index is 0.519. The summed E-state index contributed by atoms with van der Waals surface area (Å²) in [4.78, 5) is 11.1. The lowest BCUT2D eigenvalue weighted by atomic mass is 10.1. The molecule has 4 aromatic rings. The van der Waals surface area contributed by atoms with Gasteiger partial charge in [-0.2, -0.15) is 5.10 Å². The van der Waals surface area contributed by atoms with Gasteiger partial charge in [-0.1, -0.05) is 60.7 Å². The number of nitrogen functional groups attached to an aromatic ring is 1. The van der Waals surface area contributed by atoms with Gasteiger partial charge in [-0.05, 0) is 31.0 Å². The fraction of sp³-hybridized carbons (Fsp3) is 0.174.